The van der Waals surface area contributed by atoms with Gasteiger partial charge in [0.1, 0.15) is 23.1 Å². The topological polar surface area (TPSA) is 106 Å². The normalized spacial score (nSPS) is 11.6. The predicted molar refractivity (Wildman–Crippen MR) is 124 cm³/mol. The van der Waals surface area contributed by atoms with Gasteiger partial charge in [0.05, 0.1) is 29.7 Å². The van der Waals surface area contributed by atoms with E-state index in [9.17, 15) is 14.0 Å². The van der Waals surface area contributed by atoms with Crippen LogP contribution in [0.2, 0.25) is 5.02 Å². The summed E-state index contributed by atoms with van der Waals surface area (Å²) >= 11 is 5.99. The second-order valence-corrected chi connectivity index (χ2v) is 8.02. The number of amides is 1. The van der Waals surface area contributed by atoms with Gasteiger partial charge in [-0.1, -0.05) is 29.8 Å². The summed E-state index contributed by atoms with van der Waals surface area (Å²) < 4.78 is 16.3. The van der Waals surface area contributed by atoms with Crippen LogP contribution in [0, 0.1) is 17.1 Å². The average Bonchev–Trinajstić information content (AvgIpc) is 3.26. The summed E-state index contributed by atoms with van der Waals surface area (Å²) in [5.74, 6) is -1.29. The number of nitriles is 1. The van der Waals surface area contributed by atoms with Crippen molar-refractivity contribution >= 4 is 17.5 Å². The number of halogens is 2. The van der Waals surface area contributed by atoms with Crippen LogP contribution >= 0.6 is 11.6 Å². The molecule has 1 amide bonds. The molecule has 0 spiro atoms. The molecule has 2 heterocycles. The van der Waals surface area contributed by atoms with Gasteiger partial charge in [0, 0.05) is 17.6 Å². The molecule has 170 valence electrons. The zero-order valence-electron chi connectivity index (χ0n) is 18.2. The zero-order chi connectivity index (χ0) is 24.4. The third-order valence-corrected chi connectivity index (χ3v) is 5.44. The molecule has 0 aliphatic rings. The average molecular weight is 477 g/mol. The van der Waals surface area contributed by atoms with Gasteiger partial charge in [-0.05, 0) is 42.8 Å². The van der Waals surface area contributed by atoms with Crippen LogP contribution in [0.5, 0.6) is 0 Å². The largest absolute Gasteiger partial charge is 0.345 e. The summed E-state index contributed by atoms with van der Waals surface area (Å²) in [5, 5.41) is 20.8. The number of carbonyl (C=O) groups is 1. The Morgan fingerprint density at radius 1 is 1.21 bits per heavy atom. The number of aromatic nitrogens is 4. The van der Waals surface area contributed by atoms with Crippen LogP contribution in [0.25, 0.3) is 16.9 Å². The smallest absolute Gasteiger partial charge is 0.284 e. The van der Waals surface area contributed by atoms with Crippen LogP contribution < -0.4 is 10.9 Å². The molecule has 1 unspecified atom stereocenters. The van der Waals surface area contributed by atoms with Crippen LogP contribution in [0.1, 0.15) is 34.5 Å². The van der Waals surface area contributed by atoms with Gasteiger partial charge >= 0.3 is 0 Å². The van der Waals surface area contributed by atoms with E-state index in [2.05, 4.69) is 15.5 Å². The fourth-order valence-electron chi connectivity index (χ4n) is 3.37. The molecule has 0 saturated carbocycles. The first-order valence-corrected chi connectivity index (χ1v) is 10.5. The molecule has 2 aromatic heterocycles. The second-order valence-electron chi connectivity index (χ2n) is 7.59. The summed E-state index contributed by atoms with van der Waals surface area (Å²) in [7, 11) is 1.70. The van der Waals surface area contributed by atoms with Gasteiger partial charge in [0.25, 0.3) is 11.5 Å². The molecule has 0 aliphatic carbocycles. The lowest BCUT2D eigenvalue weighted by Crippen LogP contribution is -2.35. The Morgan fingerprint density at radius 2 is 1.94 bits per heavy atom. The van der Waals surface area contributed by atoms with Gasteiger partial charge in [-0.15, -0.1) is 0 Å². The minimum atomic E-state index is -0.647. The third-order valence-electron chi connectivity index (χ3n) is 5.19. The maximum Gasteiger partial charge on any atom is 0.284 e. The van der Waals surface area contributed by atoms with E-state index in [0.717, 1.165) is 10.7 Å². The van der Waals surface area contributed by atoms with Crippen molar-refractivity contribution in [1.29, 1.82) is 5.26 Å². The molecule has 0 aliphatic heterocycles. The number of hydrogen-bond acceptors (Lipinski definition) is 5. The minimum absolute atomic E-state index is 0.133. The highest BCUT2D eigenvalue weighted by Gasteiger charge is 2.20. The molecular weight excluding hydrogens is 459 g/mol. The van der Waals surface area contributed by atoms with E-state index < -0.39 is 23.3 Å². The van der Waals surface area contributed by atoms with E-state index in [1.54, 1.807) is 50.5 Å². The van der Waals surface area contributed by atoms with Crippen molar-refractivity contribution in [3.05, 3.63) is 98.8 Å². The third kappa shape index (κ3) is 4.58. The highest BCUT2D eigenvalue weighted by Crippen LogP contribution is 2.21. The number of carbonyl (C=O) groups excluding carboxylic acids is 1. The molecule has 4 rings (SSSR count). The Kier molecular flexibility index (Phi) is 6.25. The lowest BCUT2D eigenvalue weighted by Gasteiger charge is -2.16. The van der Waals surface area contributed by atoms with Crippen LogP contribution in [0.15, 0.2) is 65.7 Å². The van der Waals surface area contributed by atoms with Crippen LogP contribution in [0.3, 0.4) is 0 Å². The number of nitrogens with one attached hydrogen (secondary N) is 1. The Labute approximate surface area is 198 Å². The number of nitrogens with zero attached hydrogens (tertiary/aromatic N) is 5. The monoisotopic (exact) mass is 476 g/mol. The van der Waals surface area contributed by atoms with E-state index in [0.29, 0.717) is 27.5 Å². The molecular formula is C24H18ClFN6O2. The van der Waals surface area contributed by atoms with Crippen molar-refractivity contribution in [2.75, 3.05) is 0 Å². The van der Waals surface area contributed by atoms with Crippen molar-refractivity contribution in [1.82, 2.24) is 24.9 Å². The molecule has 4 aromatic rings. The fraction of sp³-hybridized carbons (Fsp3) is 0.125. The van der Waals surface area contributed by atoms with Gasteiger partial charge in [-0.2, -0.15) is 20.1 Å². The molecule has 2 aromatic carbocycles. The fourth-order valence-corrected chi connectivity index (χ4v) is 3.49. The Bertz CT molecular complexity index is 1490. The molecule has 10 heteroatoms. The molecule has 0 radical (unpaired) electrons. The zero-order valence-corrected chi connectivity index (χ0v) is 18.9. The molecule has 34 heavy (non-hydrogen) atoms. The van der Waals surface area contributed by atoms with Gasteiger partial charge < -0.3 is 5.32 Å². The maximum absolute atomic E-state index is 13.7. The Hall–Kier alpha value is -4.29. The maximum atomic E-state index is 13.7. The van der Waals surface area contributed by atoms with Crippen molar-refractivity contribution in [3.8, 4) is 23.0 Å². The standard InChI is InChI=1S/C24H18ClFN6O2/c1-14(16-5-8-21(26)17(9-16)11-27)29-23(33)20-10-22(15-3-6-18(25)7-4-15)30-32(24(20)34)19-12-28-31(2)13-19/h3-10,12-14H,1-2H3,(H,29,33). The Morgan fingerprint density at radius 3 is 2.59 bits per heavy atom. The second kappa shape index (κ2) is 9.29. The van der Waals surface area contributed by atoms with Crippen LogP contribution in [-0.2, 0) is 7.05 Å². The Balaban J connectivity index is 1.76. The van der Waals surface area contributed by atoms with Crippen LogP contribution in [0.4, 0.5) is 4.39 Å². The summed E-state index contributed by atoms with van der Waals surface area (Å²) in [6.45, 7) is 1.67. The van der Waals surface area contributed by atoms with E-state index >= 15 is 0 Å². The summed E-state index contributed by atoms with van der Waals surface area (Å²) in [6, 6.07) is 13.4. The first-order chi connectivity index (χ1) is 16.3. The van der Waals surface area contributed by atoms with Crippen molar-refractivity contribution in [2.45, 2.75) is 13.0 Å². The predicted octanol–water partition coefficient (Wildman–Crippen LogP) is 3.79. The summed E-state index contributed by atoms with van der Waals surface area (Å²) in [5.41, 5.74) is 1.04. The molecule has 0 saturated heterocycles. The van der Waals surface area contributed by atoms with Gasteiger partial charge in [-0.25, -0.2) is 4.39 Å². The van der Waals surface area contributed by atoms with Crippen LogP contribution in [-0.4, -0.2) is 25.5 Å². The van der Waals surface area contributed by atoms with E-state index in [-0.39, 0.29) is 11.1 Å². The van der Waals surface area contributed by atoms with E-state index in [1.165, 1.54) is 29.1 Å². The van der Waals surface area contributed by atoms with Gasteiger partial charge in [0.2, 0.25) is 0 Å². The molecule has 1 N–H and O–H groups in total. The quantitative estimate of drug-likeness (QED) is 0.471. The van der Waals surface area contributed by atoms with Crippen molar-refractivity contribution < 1.29 is 9.18 Å². The van der Waals surface area contributed by atoms with Crippen molar-refractivity contribution in [3.63, 3.8) is 0 Å². The van der Waals surface area contributed by atoms with Gasteiger partial charge in [-0.3, -0.25) is 14.3 Å². The molecule has 0 fully saturated rings. The first kappa shape index (κ1) is 22.9. The molecule has 1 atom stereocenters. The highest BCUT2D eigenvalue weighted by atomic mass is 35.5. The van der Waals surface area contributed by atoms with E-state index in [4.69, 9.17) is 16.9 Å². The lowest BCUT2D eigenvalue weighted by atomic mass is 10.0. The lowest BCUT2D eigenvalue weighted by molar-refractivity contribution is 0.0937. The minimum Gasteiger partial charge on any atom is -0.345 e. The van der Waals surface area contributed by atoms with Crippen molar-refractivity contribution in [2.24, 2.45) is 7.05 Å². The first-order valence-electron chi connectivity index (χ1n) is 10.2. The number of benzene rings is 2. The molecule has 8 nitrogen and oxygen atoms in total. The van der Waals surface area contributed by atoms with Gasteiger partial charge in [0.15, 0.2) is 0 Å². The number of rotatable bonds is 5. The van der Waals surface area contributed by atoms with E-state index in [1.807, 2.05) is 0 Å². The number of hydrogen-bond donors (Lipinski definition) is 1. The summed E-state index contributed by atoms with van der Waals surface area (Å²) in [6.07, 6.45) is 3.07. The summed E-state index contributed by atoms with van der Waals surface area (Å²) in [4.78, 5) is 26.4. The SMILES string of the molecule is CC(NC(=O)c1cc(-c2ccc(Cl)cc2)nn(-c2cnn(C)c2)c1=O)c1ccc(F)c(C#N)c1. The number of aryl methyl sites for hydroxylation is 1. The molecule has 0 bridgehead atoms. The highest BCUT2D eigenvalue weighted by molar-refractivity contribution is 6.30.